The molecule has 0 aliphatic heterocycles. The van der Waals surface area contributed by atoms with E-state index in [1.165, 1.54) is 16.7 Å². The minimum atomic E-state index is 0.423. The molecule has 1 heterocycles. The van der Waals surface area contributed by atoms with Crippen molar-refractivity contribution in [3.63, 3.8) is 0 Å². The van der Waals surface area contributed by atoms with Crippen LogP contribution >= 0.6 is 0 Å². The summed E-state index contributed by atoms with van der Waals surface area (Å²) in [5, 5.41) is 10.8. The van der Waals surface area contributed by atoms with E-state index in [-0.39, 0.29) is 0 Å². The van der Waals surface area contributed by atoms with Crippen molar-refractivity contribution in [2.75, 3.05) is 0 Å². The van der Waals surface area contributed by atoms with Crippen LogP contribution in [0.4, 0.5) is 0 Å². The lowest BCUT2D eigenvalue weighted by atomic mass is 9.93. The Morgan fingerprint density at radius 3 is 2.29 bits per heavy atom. The molecule has 106 valence electrons. The summed E-state index contributed by atoms with van der Waals surface area (Å²) in [5.41, 5.74) is 4.90. The average Bonchev–Trinajstić information content (AvgIpc) is 3.08. The van der Waals surface area contributed by atoms with Gasteiger partial charge in [0.1, 0.15) is 0 Å². The predicted molar refractivity (Wildman–Crippen MR) is 85.0 cm³/mol. The summed E-state index contributed by atoms with van der Waals surface area (Å²) in [6.07, 6.45) is 3.89. The molecule has 0 amide bonds. The number of H-pyrrole nitrogens is 1. The van der Waals surface area contributed by atoms with Crippen LogP contribution in [0.1, 0.15) is 30.5 Å². The van der Waals surface area contributed by atoms with E-state index in [4.69, 9.17) is 0 Å². The molecule has 2 aromatic carbocycles. The molecule has 1 N–H and O–H groups in total. The third kappa shape index (κ3) is 3.19. The summed E-state index contributed by atoms with van der Waals surface area (Å²) in [5.74, 6) is 0.423. The van der Waals surface area contributed by atoms with Crippen LogP contribution in [0.2, 0.25) is 0 Å². The Labute approximate surface area is 125 Å². The highest BCUT2D eigenvalue weighted by molar-refractivity contribution is 5.63. The molecule has 3 rings (SSSR count). The van der Waals surface area contributed by atoms with Crippen LogP contribution in [0, 0.1) is 0 Å². The number of aromatic nitrogens is 3. The smallest absolute Gasteiger partial charge is 0.0858 e. The first kappa shape index (κ1) is 13.6. The summed E-state index contributed by atoms with van der Waals surface area (Å²) >= 11 is 0. The molecular formula is C18H19N3. The van der Waals surface area contributed by atoms with Crippen molar-refractivity contribution in [1.29, 1.82) is 0 Å². The molecule has 1 aromatic heterocycles. The number of rotatable bonds is 5. The standard InChI is InChI=1S/C18H19N3/c1-2-15(18-13-19-21-20-18)12-14-8-10-17(11-9-14)16-6-4-3-5-7-16/h3-11,13,15H,2,12H2,1H3,(H,19,20,21). The molecule has 1 atom stereocenters. The van der Waals surface area contributed by atoms with Gasteiger partial charge in [-0.25, -0.2) is 0 Å². The fourth-order valence-corrected chi connectivity index (χ4v) is 2.61. The zero-order valence-corrected chi connectivity index (χ0v) is 12.2. The van der Waals surface area contributed by atoms with Gasteiger partial charge in [0.15, 0.2) is 0 Å². The molecule has 1 unspecified atom stereocenters. The van der Waals surface area contributed by atoms with Crippen molar-refractivity contribution in [3.05, 3.63) is 72.1 Å². The maximum absolute atomic E-state index is 4.21. The molecule has 0 saturated carbocycles. The summed E-state index contributed by atoms with van der Waals surface area (Å²) in [6.45, 7) is 2.19. The maximum atomic E-state index is 4.21. The maximum Gasteiger partial charge on any atom is 0.0858 e. The number of benzene rings is 2. The van der Waals surface area contributed by atoms with Crippen LogP contribution in [0.15, 0.2) is 60.8 Å². The van der Waals surface area contributed by atoms with Gasteiger partial charge in [-0.15, -0.1) is 0 Å². The van der Waals surface area contributed by atoms with E-state index in [9.17, 15) is 0 Å². The Balaban J connectivity index is 1.75. The van der Waals surface area contributed by atoms with Crippen LogP contribution in [-0.4, -0.2) is 15.4 Å². The van der Waals surface area contributed by atoms with Crippen LogP contribution in [-0.2, 0) is 6.42 Å². The van der Waals surface area contributed by atoms with Crippen molar-refractivity contribution in [2.24, 2.45) is 0 Å². The van der Waals surface area contributed by atoms with Crippen molar-refractivity contribution in [2.45, 2.75) is 25.7 Å². The average molecular weight is 277 g/mol. The largest absolute Gasteiger partial charge is 0.198 e. The SMILES string of the molecule is CCC(Cc1ccc(-c2ccccc2)cc1)c1cn[nH]n1. The number of hydrogen-bond donors (Lipinski definition) is 1. The van der Waals surface area contributed by atoms with Gasteiger partial charge >= 0.3 is 0 Å². The molecule has 3 nitrogen and oxygen atoms in total. The third-order valence-electron chi connectivity index (χ3n) is 3.89. The van der Waals surface area contributed by atoms with Crippen molar-refractivity contribution in [1.82, 2.24) is 15.4 Å². The molecule has 3 aromatic rings. The molecule has 0 bridgehead atoms. The molecule has 0 fully saturated rings. The molecule has 0 spiro atoms. The Bertz CT molecular complexity index is 657. The van der Waals surface area contributed by atoms with Crippen molar-refractivity contribution < 1.29 is 0 Å². The van der Waals surface area contributed by atoms with Gasteiger partial charge in [0, 0.05) is 5.92 Å². The van der Waals surface area contributed by atoms with Gasteiger partial charge in [0.25, 0.3) is 0 Å². The van der Waals surface area contributed by atoms with E-state index < -0.39 is 0 Å². The lowest BCUT2D eigenvalue weighted by Crippen LogP contribution is -2.02. The fourth-order valence-electron chi connectivity index (χ4n) is 2.61. The lowest BCUT2D eigenvalue weighted by Gasteiger charge is -2.12. The van der Waals surface area contributed by atoms with E-state index in [1.807, 2.05) is 12.3 Å². The molecule has 0 aliphatic carbocycles. The van der Waals surface area contributed by atoms with E-state index in [1.54, 1.807) is 0 Å². The first-order valence-electron chi connectivity index (χ1n) is 7.37. The highest BCUT2D eigenvalue weighted by atomic mass is 15.3. The summed E-state index contributed by atoms with van der Waals surface area (Å²) in [6, 6.07) is 19.3. The molecule has 0 saturated heterocycles. The zero-order chi connectivity index (χ0) is 14.5. The molecular weight excluding hydrogens is 258 g/mol. The molecule has 21 heavy (non-hydrogen) atoms. The summed E-state index contributed by atoms with van der Waals surface area (Å²) < 4.78 is 0. The second-order valence-corrected chi connectivity index (χ2v) is 5.27. The van der Waals surface area contributed by atoms with Crippen molar-refractivity contribution >= 4 is 0 Å². The van der Waals surface area contributed by atoms with Gasteiger partial charge in [0.05, 0.1) is 11.9 Å². The predicted octanol–water partition coefficient (Wildman–Crippen LogP) is 4.21. The van der Waals surface area contributed by atoms with Crippen LogP contribution in [0.5, 0.6) is 0 Å². The fraction of sp³-hybridized carbons (Fsp3) is 0.222. The normalized spacial score (nSPS) is 12.2. The van der Waals surface area contributed by atoms with Gasteiger partial charge in [-0.3, -0.25) is 0 Å². The highest BCUT2D eigenvalue weighted by Gasteiger charge is 2.13. The quantitative estimate of drug-likeness (QED) is 0.759. The number of nitrogens with one attached hydrogen (secondary N) is 1. The Morgan fingerprint density at radius 2 is 1.67 bits per heavy atom. The molecule has 3 heteroatoms. The summed E-state index contributed by atoms with van der Waals surface area (Å²) in [7, 11) is 0. The first-order chi connectivity index (χ1) is 10.4. The van der Waals surface area contributed by atoms with E-state index in [2.05, 4.69) is 70.9 Å². The number of aromatic amines is 1. The first-order valence-corrected chi connectivity index (χ1v) is 7.37. The minimum absolute atomic E-state index is 0.423. The van der Waals surface area contributed by atoms with Crippen LogP contribution in [0.3, 0.4) is 0 Å². The summed E-state index contributed by atoms with van der Waals surface area (Å²) in [4.78, 5) is 0. The van der Waals surface area contributed by atoms with Gasteiger partial charge in [-0.2, -0.15) is 15.4 Å². The highest BCUT2D eigenvalue weighted by Crippen LogP contribution is 2.24. The van der Waals surface area contributed by atoms with E-state index in [0.717, 1.165) is 18.5 Å². The van der Waals surface area contributed by atoms with Gasteiger partial charge < -0.3 is 0 Å². The van der Waals surface area contributed by atoms with Gasteiger partial charge in [-0.05, 0) is 29.5 Å². The van der Waals surface area contributed by atoms with Crippen LogP contribution in [0.25, 0.3) is 11.1 Å². The number of nitrogens with zero attached hydrogens (tertiary/aromatic N) is 2. The van der Waals surface area contributed by atoms with E-state index >= 15 is 0 Å². The Kier molecular flexibility index (Phi) is 4.10. The Morgan fingerprint density at radius 1 is 0.952 bits per heavy atom. The van der Waals surface area contributed by atoms with Gasteiger partial charge in [-0.1, -0.05) is 61.5 Å². The van der Waals surface area contributed by atoms with Crippen molar-refractivity contribution in [3.8, 4) is 11.1 Å². The molecule has 0 aliphatic rings. The Hall–Kier alpha value is -2.42. The topological polar surface area (TPSA) is 41.6 Å². The lowest BCUT2D eigenvalue weighted by molar-refractivity contribution is 0.637. The second kappa shape index (κ2) is 6.35. The molecule has 0 radical (unpaired) electrons. The van der Waals surface area contributed by atoms with E-state index in [0.29, 0.717) is 5.92 Å². The second-order valence-electron chi connectivity index (χ2n) is 5.27. The van der Waals surface area contributed by atoms with Gasteiger partial charge in [0.2, 0.25) is 0 Å². The monoisotopic (exact) mass is 277 g/mol. The number of hydrogen-bond acceptors (Lipinski definition) is 2. The third-order valence-corrected chi connectivity index (χ3v) is 3.89. The van der Waals surface area contributed by atoms with Crippen LogP contribution < -0.4 is 0 Å². The minimum Gasteiger partial charge on any atom is -0.198 e. The zero-order valence-electron chi connectivity index (χ0n) is 12.2.